The number of aliphatic hydroxyl groups is 1. The fourth-order valence-electron chi connectivity index (χ4n) is 13.8. The van der Waals surface area contributed by atoms with E-state index in [9.17, 15) is 96.2 Å². The lowest BCUT2D eigenvalue weighted by molar-refractivity contribution is -0.143. The summed E-state index contributed by atoms with van der Waals surface area (Å²) in [6.07, 6.45) is 0.296. The van der Waals surface area contributed by atoms with Crippen LogP contribution in [0.1, 0.15) is 136 Å². The van der Waals surface area contributed by atoms with Crippen molar-refractivity contribution in [1.29, 1.82) is 10.8 Å². The lowest BCUT2D eigenvalue weighted by Crippen LogP contribution is -2.60. The highest BCUT2D eigenvalue weighted by atomic mass is 16.3. The van der Waals surface area contributed by atoms with Gasteiger partial charge in [-0.25, -0.2) is 0 Å². The van der Waals surface area contributed by atoms with E-state index in [0.29, 0.717) is 29.3 Å². The van der Waals surface area contributed by atoms with E-state index in [0.717, 1.165) is 9.80 Å². The molecule has 3 aliphatic heterocycles. The van der Waals surface area contributed by atoms with Crippen LogP contribution < -0.4 is 115 Å². The molecule has 1 aromatic carbocycles. The van der Waals surface area contributed by atoms with Crippen molar-refractivity contribution in [2.75, 3.05) is 65.5 Å². The molecular weight excluding hydrogens is 1590 g/mol. The summed E-state index contributed by atoms with van der Waals surface area (Å²) >= 11 is 0. The average Bonchev–Trinajstić information content (AvgIpc) is 1.71. The Labute approximate surface area is 696 Å². The number of hydrogen-bond acceptors (Lipinski definition) is 23. The first kappa shape index (κ1) is 98.7. The van der Waals surface area contributed by atoms with Crippen LogP contribution in [0.15, 0.2) is 30.5 Å². The highest BCUT2D eigenvalue weighted by Crippen LogP contribution is 2.25. The molecule has 3 fully saturated rings. The highest BCUT2D eigenvalue weighted by Gasteiger charge is 2.43. The van der Waals surface area contributed by atoms with Crippen LogP contribution in [0.5, 0.6) is 0 Å². The van der Waals surface area contributed by atoms with Crippen LogP contribution in [0.25, 0.3) is 10.9 Å². The molecule has 0 saturated carbocycles. The molecule has 32 N–H and O–H groups in total. The number of nitrogens with zero attached hydrogens (tertiary/aromatic N) is 3. The molecule has 1 aromatic heterocycles. The number of nitrogens with one attached hydrogen (secondary N) is 17. The number of guanidine groups is 2. The second-order valence-electron chi connectivity index (χ2n) is 30.4. The molecule has 5 rings (SSSR count). The minimum absolute atomic E-state index is 0.0111. The molecule has 0 spiro atoms. The van der Waals surface area contributed by atoms with Crippen molar-refractivity contribution in [2.24, 2.45) is 52.0 Å². The summed E-state index contributed by atoms with van der Waals surface area (Å²) in [5.74, 6) is -18.5. The molecule has 121 heavy (non-hydrogen) atoms. The smallest absolute Gasteiger partial charge is 0.245 e. The van der Waals surface area contributed by atoms with Crippen molar-refractivity contribution in [3.8, 4) is 0 Å². The number of para-hydroxylation sites is 1. The number of primary amides is 4. The largest absolute Gasteiger partial charge is 0.394 e. The molecule has 12 atom stereocenters. The third-order valence-electron chi connectivity index (χ3n) is 20.0. The number of aromatic nitrogens is 1. The third-order valence-corrected chi connectivity index (χ3v) is 20.0. The SMILES string of the molecule is CC(C)C[C@H](N)C(=O)N[C@H](C(=O)N[C@@H](CCC(N)=O)C(=O)N1CCC[C@H]1C(=O)N[C@@H](CCCNC(=N)N)C(=O)NCC(=O)N[C@@H](CO)C(=O)N[C@@H](CCCNC(=N)N)C(=O)N[C@@H](CC(N)=O)C(=O)NCC(=O)N1CCC[C@H]1C(=O)NCC(=O)N1CCC[C@H]1C(=O)N[C@@H](Cc1c[nH]c2ccccc12)C(=O)N[C@@H](CCC(N)=O)C(=O)NCC(N)=O)C(C)C. The summed E-state index contributed by atoms with van der Waals surface area (Å²) in [5.41, 5.74) is 39.7. The number of amides is 19. The highest BCUT2D eigenvalue weighted by molar-refractivity contribution is 6.01. The number of fused-ring (bicyclic) bond motifs is 1. The number of carbonyl (C=O) groups is 19. The second kappa shape index (κ2) is 48.9. The van der Waals surface area contributed by atoms with Crippen molar-refractivity contribution in [1.82, 2.24) is 94.1 Å². The summed E-state index contributed by atoms with van der Waals surface area (Å²) < 4.78 is 0. The molecule has 0 bridgehead atoms. The Morgan fingerprint density at radius 3 is 1.45 bits per heavy atom. The van der Waals surface area contributed by atoms with Gasteiger partial charge < -0.3 is 139 Å². The molecule has 668 valence electrons. The van der Waals surface area contributed by atoms with Crippen LogP contribution >= 0.6 is 0 Å². The van der Waals surface area contributed by atoms with Crippen LogP contribution in [-0.2, 0) is 97.5 Å². The zero-order valence-electron chi connectivity index (χ0n) is 68.1. The minimum Gasteiger partial charge on any atom is -0.394 e. The van der Waals surface area contributed by atoms with E-state index in [1.165, 1.54) is 4.90 Å². The van der Waals surface area contributed by atoms with E-state index in [1.54, 1.807) is 44.3 Å². The van der Waals surface area contributed by atoms with Crippen LogP contribution in [-0.4, -0.2) is 287 Å². The summed E-state index contributed by atoms with van der Waals surface area (Å²) in [7, 11) is 0. The van der Waals surface area contributed by atoms with Crippen LogP contribution in [0, 0.1) is 22.7 Å². The number of likely N-dealkylation sites (tertiary alicyclic amines) is 3. The number of nitrogens with two attached hydrogens (primary N) is 7. The molecule has 47 nitrogen and oxygen atoms in total. The Kier molecular flexibility index (Phi) is 39.9. The van der Waals surface area contributed by atoms with Gasteiger partial charge in [-0.1, -0.05) is 45.9 Å². The number of benzene rings is 1. The van der Waals surface area contributed by atoms with Gasteiger partial charge in [-0.2, -0.15) is 0 Å². The van der Waals surface area contributed by atoms with Gasteiger partial charge in [0.25, 0.3) is 0 Å². The van der Waals surface area contributed by atoms with Gasteiger partial charge in [0.15, 0.2) is 11.9 Å². The van der Waals surface area contributed by atoms with Gasteiger partial charge >= 0.3 is 0 Å². The van der Waals surface area contributed by atoms with Gasteiger partial charge in [0.05, 0.1) is 45.2 Å². The maximum atomic E-state index is 14.4. The zero-order valence-corrected chi connectivity index (χ0v) is 68.1. The topological polar surface area (TPSA) is 768 Å². The quantitative estimate of drug-likeness (QED) is 0.0166. The number of carbonyl (C=O) groups excluding carboxylic acids is 19. The molecule has 3 aliphatic rings. The maximum absolute atomic E-state index is 14.4. The van der Waals surface area contributed by atoms with Crippen molar-refractivity contribution >= 4 is 135 Å². The molecular formula is C74H117N27O20. The summed E-state index contributed by atoms with van der Waals surface area (Å²) in [6, 6.07) is -9.75. The number of rotatable bonds is 50. The van der Waals surface area contributed by atoms with E-state index < -0.39 is 242 Å². The van der Waals surface area contributed by atoms with E-state index >= 15 is 0 Å². The van der Waals surface area contributed by atoms with Crippen molar-refractivity contribution < 1.29 is 96.2 Å². The maximum Gasteiger partial charge on any atom is 0.245 e. The Balaban J connectivity index is 1.21. The van der Waals surface area contributed by atoms with Gasteiger partial charge in [-0.15, -0.1) is 0 Å². The Morgan fingerprint density at radius 2 is 0.917 bits per heavy atom. The van der Waals surface area contributed by atoms with Crippen LogP contribution in [0.3, 0.4) is 0 Å². The van der Waals surface area contributed by atoms with Gasteiger partial charge in [0.2, 0.25) is 112 Å². The number of H-pyrrole nitrogens is 1. The molecule has 47 heteroatoms. The lowest BCUT2D eigenvalue weighted by Gasteiger charge is -2.31. The van der Waals surface area contributed by atoms with Crippen molar-refractivity contribution in [3.05, 3.63) is 36.0 Å². The Morgan fingerprint density at radius 1 is 0.463 bits per heavy atom. The number of aliphatic hydroxyl groups excluding tert-OH is 1. The molecule has 3 saturated heterocycles. The normalized spacial score (nSPS) is 17.1. The molecule has 0 unspecified atom stereocenters. The average molecular weight is 1700 g/mol. The molecule has 0 aliphatic carbocycles. The predicted molar refractivity (Wildman–Crippen MR) is 431 cm³/mol. The van der Waals surface area contributed by atoms with E-state index in [2.05, 4.69) is 79.4 Å². The summed E-state index contributed by atoms with van der Waals surface area (Å²) in [4.78, 5) is 262. The van der Waals surface area contributed by atoms with E-state index in [4.69, 9.17) is 51.0 Å². The Bertz CT molecular complexity index is 4100. The second-order valence-corrected chi connectivity index (χ2v) is 30.4. The molecule has 0 radical (unpaired) electrons. The molecule has 19 amide bonds. The fraction of sp³-hybridized carbons (Fsp3) is 0.608. The first-order valence-corrected chi connectivity index (χ1v) is 39.8. The van der Waals surface area contributed by atoms with Gasteiger partial charge in [0.1, 0.15) is 66.5 Å². The van der Waals surface area contributed by atoms with Gasteiger partial charge in [-0.05, 0) is 107 Å². The fourth-order valence-corrected chi connectivity index (χ4v) is 13.8. The number of hydrogen-bond donors (Lipinski definition) is 25. The lowest BCUT2D eigenvalue weighted by atomic mass is 9.99. The molecule has 4 heterocycles. The van der Waals surface area contributed by atoms with Crippen molar-refractivity contribution in [2.45, 2.75) is 209 Å². The van der Waals surface area contributed by atoms with Gasteiger partial charge in [-0.3, -0.25) is 102 Å². The Hall–Kier alpha value is -12.9. The number of aromatic amines is 1. The monoisotopic (exact) mass is 1700 g/mol. The van der Waals surface area contributed by atoms with Crippen LogP contribution in [0.2, 0.25) is 0 Å². The zero-order chi connectivity index (χ0) is 89.9. The summed E-state index contributed by atoms with van der Waals surface area (Å²) in [6.45, 7) is 2.87. The van der Waals surface area contributed by atoms with Crippen LogP contribution in [0.4, 0.5) is 0 Å². The van der Waals surface area contributed by atoms with E-state index in [1.807, 2.05) is 13.8 Å². The van der Waals surface area contributed by atoms with Crippen molar-refractivity contribution in [3.63, 3.8) is 0 Å². The standard InChI is InChI=1S/C74H117N27O20/c1-37(2)28-41(75)61(110)98-60(38(3)4)71(120)95-46(20-22-54(77)104)72(121)101-27-11-18-52(101)70(119)94-43(14-7-23-84-73(80)81)62(111)88-33-57(107)91-49(36-102)67(116)92-44(15-8-24-85-74(82)83)65(114)96-48(30-55(78)105)64(113)89-34-58(108)99-25-9-16-50(99)68(117)90-35-59(109)100-26-10-17-51(100)69(118)97-47(29-39-31-86-42-13-6-5-12-40(39)42)66(115)93-45(19-21-53(76)103)63(112)87-32-56(79)106/h5-6,12-13,31,37-38,41,43-52,60,86,102H,7-11,14-30,32-36,75H2,1-4H3,(H2,76,103)(H2,77,104)(H2,78,105)(H2,79,106)(H,87,112)(H,88,111)(H,89,113)(H,90,117)(H,91,107)(H,92,116)(H,93,115)(H,94,119)(H,95,120)(H,96,114)(H,97,118)(H,98,110)(H4,80,81,84)(H4,82,83,85)/t41-,43-,44-,45-,46-,47-,48-,49-,50-,51-,52-,60-/m0/s1. The first-order chi connectivity index (χ1) is 57.2. The van der Waals surface area contributed by atoms with Gasteiger partial charge in [0, 0.05) is 69.1 Å². The predicted octanol–water partition coefficient (Wildman–Crippen LogP) is -10.5. The first-order valence-electron chi connectivity index (χ1n) is 39.8. The third kappa shape index (κ3) is 32.4. The minimum atomic E-state index is -1.87. The summed E-state index contributed by atoms with van der Waals surface area (Å²) in [5, 5.41) is 60.7. The molecule has 2 aromatic rings. The van der Waals surface area contributed by atoms with E-state index in [-0.39, 0.29) is 129 Å².